The number of hydrogen-bond acceptors (Lipinski definition) is 2. The first-order chi connectivity index (χ1) is 5.83. The number of hydrogen-bond donors (Lipinski definition) is 1. The van der Waals surface area contributed by atoms with Crippen LogP contribution in [0, 0.1) is 0 Å². The molecule has 12 heavy (non-hydrogen) atoms. The third-order valence-electron chi connectivity index (χ3n) is 1.40. The molecule has 2 nitrogen and oxygen atoms in total. The van der Waals surface area contributed by atoms with Gasteiger partial charge in [0.15, 0.2) is 0 Å². The second-order valence-corrected chi connectivity index (χ2v) is 2.41. The van der Waals surface area contributed by atoms with Gasteiger partial charge >= 0.3 is 0 Å². The molecule has 0 fully saturated rings. The van der Waals surface area contributed by atoms with Crippen LogP contribution in [0.2, 0.25) is 0 Å². The predicted molar refractivity (Wildman–Crippen MR) is 47.9 cm³/mol. The molecule has 0 heterocycles. The molecular weight excluding hydrogens is 152 g/mol. The minimum absolute atomic E-state index is 0.0126. The van der Waals surface area contributed by atoms with Gasteiger partial charge in [0.05, 0.1) is 12.4 Å². The van der Waals surface area contributed by atoms with E-state index in [1.165, 1.54) is 0 Å². The summed E-state index contributed by atoms with van der Waals surface area (Å²) in [5.74, 6) is 1.50. The largest absolute Gasteiger partial charge is 0.462 e. The Morgan fingerprint density at radius 1 is 1.42 bits per heavy atom. The van der Waals surface area contributed by atoms with Gasteiger partial charge in [0.25, 0.3) is 0 Å². The highest BCUT2D eigenvalue weighted by Crippen LogP contribution is 2.11. The maximum Gasteiger partial charge on any atom is 0.126 e. The Bertz CT molecular complexity index is 252. The van der Waals surface area contributed by atoms with E-state index in [4.69, 9.17) is 9.84 Å². The Morgan fingerprint density at radius 3 is 2.67 bits per heavy atom. The van der Waals surface area contributed by atoms with Gasteiger partial charge in [0.1, 0.15) is 5.75 Å². The average molecular weight is 164 g/mol. The lowest BCUT2D eigenvalue weighted by Crippen LogP contribution is -1.91. The molecule has 64 valence electrons. The highest BCUT2D eigenvalue weighted by molar-refractivity contribution is 5.23. The topological polar surface area (TPSA) is 29.5 Å². The van der Waals surface area contributed by atoms with E-state index in [0.717, 1.165) is 5.75 Å². The maximum atomic E-state index is 8.56. The minimum Gasteiger partial charge on any atom is -0.462 e. The average Bonchev–Trinajstić information content (AvgIpc) is 2.06. The van der Waals surface area contributed by atoms with Crippen molar-refractivity contribution in [3.8, 4) is 5.75 Å². The molecule has 0 atom stereocenters. The molecule has 1 aromatic rings. The molecule has 0 saturated heterocycles. The van der Waals surface area contributed by atoms with E-state index < -0.39 is 0 Å². The molecule has 0 unspecified atom stereocenters. The van der Waals surface area contributed by atoms with Crippen molar-refractivity contribution in [1.29, 1.82) is 0 Å². The molecule has 0 bridgehead atoms. The molecule has 0 radical (unpaired) electrons. The molecule has 0 aliphatic heterocycles. The number of ether oxygens (including phenoxy) is 1. The van der Waals surface area contributed by atoms with Crippen molar-refractivity contribution in [2.75, 3.05) is 6.61 Å². The van der Waals surface area contributed by atoms with Crippen LogP contribution in [0.25, 0.3) is 0 Å². The Labute approximate surface area is 72.1 Å². The molecule has 1 rings (SSSR count). The van der Waals surface area contributed by atoms with Gasteiger partial charge in [-0.2, -0.15) is 0 Å². The van der Waals surface area contributed by atoms with E-state index in [1.807, 2.05) is 37.3 Å². The Morgan fingerprint density at radius 2 is 2.08 bits per heavy atom. The molecule has 2 heteroatoms. The molecule has 0 aliphatic rings. The fourth-order valence-corrected chi connectivity index (χ4v) is 0.845. The van der Waals surface area contributed by atoms with Crippen molar-refractivity contribution in [1.82, 2.24) is 0 Å². The summed E-state index contributed by atoms with van der Waals surface area (Å²) >= 11 is 0. The first-order valence-corrected chi connectivity index (χ1v) is 3.83. The summed E-state index contributed by atoms with van der Waals surface area (Å²) < 4.78 is 5.36. The summed E-state index contributed by atoms with van der Waals surface area (Å²) in [5.41, 5.74) is 0. The molecule has 1 N–H and O–H groups in total. The number of aliphatic hydroxyl groups excluding tert-OH is 1. The second-order valence-electron chi connectivity index (χ2n) is 2.41. The SMILES string of the molecule is C/C(=C\CO)Oc1ccccc1. The Balaban J connectivity index is 2.58. The van der Waals surface area contributed by atoms with E-state index in [-0.39, 0.29) is 6.61 Å². The lowest BCUT2D eigenvalue weighted by atomic mass is 10.3. The van der Waals surface area contributed by atoms with E-state index in [0.29, 0.717) is 5.76 Å². The van der Waals surface area contributed by atoms with Crippen LogP contribution < -0.4 is 4.74 Å². The van der Waals surface area contributed by atoms with Gasteiger partial charge in [-0.05, 0) is 25.1 Å². The van der Waals surface area contributed by atoms with Crippen LogP contribution in [0.4, 0.5) is 0 Å². The predicted octanol–water partition coefficient (Wildman–Crippen LogP) is 1.96. The summed E-state index contributed by atoms with van der Waals surface area (Å²) in [6.45, 7) is 1.82. The molecule has 0 aromatic heterocycles. The van der Waals surface area contributed by atoms with Crippen molar-refractivity contribution in [2.45, 2.75) is 6.92 Å². The van der Waals surface area contributed by atoms with Crippen LogP contribution in [0.15, 0.2) is 42.2 Å². The third-order valence-corrected chi connectivity index (χ3v) is 1.40. The lowest BCUT2D eigenvalue weighted by Gasteiger charge is -2.03. The van der Waals surface area contributed by atoms with E-state index in [2.05, 4.69) is 0 Å². The van der Waals surface area contributed by atoms with Crippen LogP contribution in [0.1, 0.15) is 6.92 Å². The van der Waals surface area contributed by atoms with Gasteiger partial charge in [-0.15, -0.1) is 0 Å². The number of aliphatic hydroxyl groups is 1. The Hall–Kier alpha value is -1.28. The minimum atomic E-state index is 0.0126. The van der Waals surface area contributed by atoms with Crippen molar-refractivity contribution < 1.29 is 9.84 Å². The first kappa shape index (κ1) is 8.81. The van der Waals surface area contributed by atoms with Crippen LogP contribution >= 0.6 is 0 Å². The molecule has 0 aliphatic carbocycles. The highest BCUT2D eigenvalue weighted by atomic mass is 16.5. The van der Waals surface area contributed by atoms with Crippen LogP contribution in [0.5, 0.6) is 5.75 Å². The quantitative estimate of drug-likeness (QED) is 0.692. The van der Waals surface area contributed by atoms with Crippen molar-refractivity contribution in [2.24, 2.45) is 0 Å². The van der Waals surface area contributed by atoms with Gasteiger partial charge in [-0.1, -0.05) is 18.2 Å². The van der Waals surface area contributed by atoms with Crippen LogP contribution in [-0.2, 0) is 0 Å². The number of allylic oxidation sites excluding steroid dienone is 1. The number of rotatable bonds is 3. The molecule has 0 amide bonds. The van der Waals surface area contributed by atoms with Gasteiger partial charge in [-0.25, -0.2) is 0 Å². The zero-order valence-corrected chi connectivity index (χ0v) is 7.03. The van der Waals surface area contributed by atoms with Crippen LogP contribution in [0.3, 0.4) is 0 Å². The van der Waals surface area contributed by atoms with Gasteiger partial charge < -0.3 is 9.84 Å². The van der Waals surface area contributed by atoms with E-state index in [9.17, 15) is 0 Å². The number of benzene rings is 1. The maximum absolute atomic E-state index is 8.56. The summed E-state index contributed by atoms with van der Waals surface area (Å²) in [5, 5.41) is 8.56. The normalized spacial score (nSPS) is 11.3. The van der Waals surface area contributed by atoms with Crippen molar-refractivity contribution in [3.05, 3.63) is 42.2 Å². The Kier molecular flexibility index (Phi) is 3.35. The highest BCUT2D eigenvalue weighted by Gasteiger charge is 1.91. The standard InChI is InChI=1S/C10H12O2/c1-9(7-8-11)12-10-5-3-2-4-6-10/h2-7,11H,8H2,1H3/b9-7+. The summed E-state index contributed by atoms with van der Waals surface area (Å²) in [6, 6.07) is 9.48. The van der Waals surface area contributed by atoms with E-state index >= 15 is 0 Å². The van der Waals surface area contributed by atoms with E-state index in [1.54, 1.807) is 6.08 Å². The summed E-state index contributed by atoms with van der Waals surface area (Å²) in [4.78, 5) is 0. The fraction of sp³-hybridized carbons (Fsp3) is 0.200. The summed E-state index contributed by atoms with van der Waals surface area (Å²) in [6.07, 6.45) is 1.62. The van der Waals surface area contributed by atoms with Crippen molar-refractivity contribution >= 4 is 0 Å². The van der Waals surface area contributed by atoms with Crippen molar-refractivity contribution in [3.63, 3.8) is 0 Å². The van der Waals surface area contributed by atoms with Crippen LogP contribution in [-0.4, -0.2) is 11.7 Å². The van der Waals surface area contributed by atoms with Gasteiger partial charge in [0.2, 0.25) is 0 Å². The molecule has 0 saturated carbocycles. The zero-order valence-electron chi connectivity index (χ0n) is 7.03. The second kappa shape index (κ2) is 4.57. The number of para-hydroxylation sites is 1. The molecular formula is C10H12O2. The fourth-order valence-electron chi connectivity index (χ4n) is 0.845. The molecule has 0 spiro atoms. The lowest BCUT2D eigenvalue weighted by molar-refractivity contribution is 0.332. The zero-order chi connectivity index (χ0) is 8.81. The molecule has 1 aromatic carbocycles. The smallest absolute Gasteiger partial charge is 0.126 e. The third kappa shape index (κ3) is 2.76. The monoisotopic (exact) mass is 164 g/mol. The summed E-state index contributed by atoms with van der Waals surface area (Å²) in [7, 11) is 0. The van der Waals surface area contributed by atoms with Gasteiger partial charge in [0, 0.05) is 0 Å². The van der Waals surface area contributed by atoms with Gasteiger partial charge in [-0.3, -0.25) is 0 Å². The first-order valence-electron chi connectivity index (χ1n) is 3.83.